The van der Waals surface area contributed by atoms with Gasteiger partial charge in [-0.3, -0.25) is 19.3 Å². The van der Waals surface area contributed by atoms with Crippen molar-refractivity contribution in [3.05, 3.63) is 87.6 Å². The second kappa shape index (κ2) is 8.79. The summed E-state index contributed by atoms with van der Waals surface area (Å²) >= 11 is 6.75. The first-order chi connectivity index (χ1) is 15.0. The molecule has 3 aromatic rings. The number of benzene rings is 2. The van der Waals surface area contributed by atoms with Crippen molar-refractivity contribution in [1.29, 1.82) is 0 Å². The van der Waals surface area contributed by atoms with Gasteiger partial charge in [-0.1, -0.05) is 36.4 Å². The van der Waals surface area contributed by atoms with Crippen LogP contribution in [0.1, 0.15) is 36.0 Å². The molecule has 0 bridgehead atoms. The van der Waals surface area contributed by atoms with Gasteiger partial charge in [0.2, 0.25) is 0 Å². The zero-order valence-corrected chi connectivity index (χ0v) is 18.2. The van der Waals surface area contributed by atoms with Crippen LogP contribution < -0.4 is 4.90 Å². The number of hydrogen-bond donors (Lipinski definition) is 0. The zero-order valence-electron chi connectivity index (χ0n) is 16.6. The normalized spacial score (nSPS) is 12.6. The van der Waals surface area contributed by atoms with Gasteiger partial charge in [0.05, 0.1) is 28.2 Å². The van der Waals surface area contributed by atoms with Crippen molar-refractivity contribution in [2.24, 2.45) is 0 Å². The first-order valence-corrected chi connectivity index (χ1v) is 10.8. The molecule has 0 unspecified atom stereocenters. The van der Waals surface area contributed by atoms with E-state index < -0.39 is 0 Å². The van der Waals surface area contributed by atoms with Crippen molar-refractivity contribution in [1.82, 2.24) is 4.90 Å². The van der Waals surface area contributed by atoms with E-state index in [9.17, 15) is 14.4 Å². The molecule has 1 aromatic heterocycles. The largest absolute Gasteiger partial charge is 0.468 e. The van der Waals surface area contributed by atoms with Crippen LogP contribution >= 0.6 is 23.6 Å². The Morgan fingerprint density at radius 1 is 1.00 bits per heavy atom. The molecule has 3 amide bonds. The second-order valence-corrected chi connectivity index (χ2v) is 8.12. The van der Waals surface area contributed by atoms with Gasteiger partial charge in [0.1, 0.15) is 6.61 Å². The summed E-state index contributed by atoms with van der Waals surface area (Å²) in [5, 5.41) is 1.78. The second-order valence-electron chi connectivity index (χ2n) is 6.83. The van der Waals surface area contributed by atoms with Crippen LogP contribution in [0.25, 0.3) is 0 Å². The first kappa shape index (κ1) is 20.9. The summed E-state index contributed by atoms with van der Waals surface area (Å²) in [5.41, 5.74) is 2.24. The minimum Gasteiger partial charge on any atom is -0.468 e. The zero-order chi connectivity index (χ0) is 22.0. The number of carbonyl (C=O) groups is 3. The summed E-state index contributed by atoms with van der Waals surface area (Å²) in [6, 6.07) is 17.6. The number of thiocarbonyl (C=S) groups is 1. The summed E-state index contributed by atoms with van der Waals surface area (Å²) in [7, 11) is 0. The third-order valence-electron chi connectivity index (χ3n) is 4.89. The van der Waals surface area contributed by atoms with Crippen molar-refractivity contribution in [3.8, 4) is 0 Å². The standard InChI is InChI=1S/C23H18N2O4S2/c1-15-7-2-5-10-18(15)25(22(28)19-11-6-14-31-19)23(30)29-13-12-24-20(26)16-8-3-4-9-17(16)21(24)27/h2-11,14H,12-13H2,1H3. The van der Waals surface area contributed by atoms with E-state index in [0.717, 1.165) is 10.5 Å². The van der Waals surface area contributed by atoms with E-state index in [1.165, 1.54) is 16.2 Å². The van der Waals surface area contributed by atoms with Gasteiger partial charge in [0.15, 0.2) is 0 Å². The topological polar surface area (TPSA) is 66.9 Å². The number of aryl methyl sites for hydroxylation is 1. The molecule has 0 saturated heterocycles. The van der Waals surface area contributed by atoms with Crippen LogP contribution in [-0.4, -0.2) is 40.9 Å². The molecule has 0 fully saturated rings. The third kappa shape index (κ3) is 3.99. The van der Waals surface area contributed by atoms with E-state index in [1.807, 2.05) is 30.5 Å². The number of ether oxygens (including phenoxy) is 1. The highest BCUT2D eigenvalue weighted by molar-refractivity contribution is 7.80. The van der Waals surface area contributed by atoms with Crippen LogP contribution in [0, 0.1) is 6.92 Å². The highest BCUT2D eigenvalue weighted by Crippen LogP contribution is 2.25. The Kier molecular flexibility index (Phi) is 5.92. The average Bonchev–Trinajstić information content (AvgIpc) is 3.39. The molecule has 0 N–H and O–H groups in total. The number of para-hydroxylation sites is 1. The molecule has 0 spiro atoms. The monoisotopic (exact) mass is 450 g/mol. The van der Waals surface area contributed by atoms with Gasteiger partial charge >= 0.3 is 0 Å². The molecule has 4 rings (SSSR count). The lowest BCUT2D eigenvalue weighted by Gasteiger charge is -2.24. The van der Waals surface area contributed by atoms with Gasteiger partial charge in [-0.05, 0) is 54.4 Å². The predicted octanol–water partition coefficient (Wildman–Crippen LogP) is 4.30. The Balaban J connectivity index is 1.49. The van der Waals surface area contributed by atoms with E-state index in [4.69, 9.17) is 17.0 Å². The molecule has 8 heteroatoms. The minimum absolute atomic E-state index is 0.0234. The van der Waals surface area contributed by atoms with E-state index >= 15 is 0 Å². The molecule has 1 aliphatic heterocycles. The SMILES string of the molecule is Cc1ccccc1N(C(=O)c1cccs1)C(=S)OCCN1C(=O)c2ccccc2C1=O. The molecule has 2 aromatic carbocycles. The van der Waals surface area contributed by atoms with Gasteiger partial charge in [-0.25, -0.2) is 4.90 Å². The maximum atomic E-state index is 13.1. The van der Waals surface area contributed by atoms with Crippen molar-refractivity contribution < 1.29 is 19.1 Å². The number of anilines is 1. The number of nitrogens with zero attached hydrogens (tertiary/aromatic N) is 2. The number of thiophene rings is 1. The highest BCUT2D eigenvalue weighted by atomic mass is 32.1. The number of rotatable bonds is 5. The smallest absolute Gasteiger partial charge is 0.275 e. The van der Waals surface area contributed by atoms with Gasteiger partial charge in [-0.2, -0.15) is 0 Å². The Bertz CT molecular complexity index is 1140. The van der Waals surface area contributed by atoms with Crippen LogP contribution in [0.5, 0.6) is 0 Å². The summed E-state index contributed by atoms with van der Waals surface area (Å²) in [6.45, 7) is 1.89. The molecule has 0 atom stereocenters. The Morgan fingerprint density at radius 2 is 1.65 bits per heavy atom. The molecule has 6 nitrogen and oxygen atoms in total. The lowest BCUT2D eigenvalue weighted by atomic mass is 10.1. The lowest BCUT2D eigenvalue weighted by Crippen LogP contribution is -2.39. The molecule has 0 saturated carbocycles. The maximum Gasteiger partial charge on any atom is 0.275 e. The quantitative estimate of drug-likeness (QED) is 0.428. The Hall–Kier alpha value is -3.36. The highest BCUT2D eigenvalue weighted by Gasteiger charge is 2.35. The minimum atomic E-state index is -0.361. The summed E-state index contributed by atoms with van der Waals surface area (Å²) in [5.74, 6) is -1.02. The number of fused-ring (bicyclic) bond motifs is 1. The fourth-order valence-electron chi connectivity index (χ4n) is 3.35. The van der Waals surface area contributed by atoms with E-state index in [0.29, 0.717) is 21.7 Å². The fourth-order valence-corrected chi connectivity index (χ4v) is 4.26. The van der Waals surface area contributed by atoms with Crippen molar-refractivity contribution in [3.63, 3.8) is 0 Å². The van der Waals surface area contributed by atoms with Crippen molar-refractivity contribution in [2.75, 3.05) is 18.1 Å². The molecule has 0 radical (unpaired) electrons. The van der Waals surface area contributed by atoms with Gasteiger partial charge < -0.3 is 4.74 Å². The van der Waals surface area contributed by atoms with Crippen molar-refractivity contribution in [2.45, 2.75) is 6.92 Å². The molecule has 156 valence electrons. The van der Waals surface area contributed by atoms with Crippen molar-refractivity contribution >= 4 is 52.1 Å². The molecule has 31 heavy (non-hydrogen) atoms. The number of carbonyl (C=O) groups excluding carboxylic acids is 3. The van der Waals surface area contributed by atoms with Gasteiger partial charge in [0, 0.05) is 0 Å². The molecule has 2 heterocycles. The van der Waals surface area contributed by atoms with Gasteiger partial charge in [0.25, 0.3) is 22.9 Å². The summed E-state index contributed by atoms with van der Waals surface area (Å²) in [4.78, 5) is 41.1. The Labute approximate surface area is 188 Å². The molecule has 0 aliphatic carbocycles. The van der Waals surface area contributed by atoms with Crippen LogP contribution in [0.15, 0.2) is 66.0 Å². The molecule has 1 aliphatic rings. The number of imide groups is 1. The number of hydrogen-bond acceptors (Lipinski definition) is 6. The van der Waals surface area contributed by atoms with Crippen LogP contribution in [-0.2, 0) is 4.74 Å². The van der Waals surface area contributed by atoms with Gasteiger partial charge in [-0.15, -0.1) is 11.3 Å². The van der Waals surface area contributed by atoms with E-state index in [1.54, 1.807) is 42.5 Å². The van der Waals surface area contributed by atoms with E-state index in [-0.39, 0.29) is 36.0 Å². The van der Waals surface area contributed by atoms with Crippen LogP contribution in [0.4, 0.5) is 5.69 Å². The summed E-state index contributed by atoms with van der Waals surface area (Å²) < 4.78 is 5.69. The number of amides is 3. The first-order valence-electron chi connectivity index (χ1n) is 9.54. The third-order valence-corrected chi connectivity index (χ3v) is 6.05. The Morgan fingerprint density at radius 3 is 2.26 bits per heavy atom. The fraction of sp³-hybridized carbons (Fsp3) is 0.130. The summed E-state index contributed by atoms with van der Waals surface area (Å²) in [6.07, 6.45) is 0. The van der Waals surface area contributed by atoms with Crippen LogP contribution in [0.2, 0.25) is 0 Å². The van der Waals surface area contributed by atoms with Crippen LogP contribution in [0.3, 0.4) is 0 Å². The molecular formula is C23H18N2O4S2. The predicted molar refractivity (Wildman–Crippen MR) is 123 cm³/mol. The lowest BCUT2D eigenvalue weighted by molar-refractivity contribution is 0.0627. The average molecular weight is 451 g/mol. The maximum absolute atomic E-state index is 13.1. The molecular weight excluding hydrogens is 432 g/mol. The van der Waals surface area contributed by atoms with E-state index in [2.05, 4.69) is 0 Å².